The smallest absolute Gasteiger partial charge is 0.242 e. The lowest BCUT2D eigenvalue weighted by Crippen LogP contribution is -2.44. The Morgan fingerprint density at radius 1 is 1.29 bits per heavy atom. The normalized spacial score (nSPS) is 17.8. The van der Waals surface area contributed by atoms with E-state index in [-0.39, 0.29) is 30.9 Å². The predicted octanol–water partition coefficient (Wildman–Crippen LogP) is 0.685. The summed E-state index contributed by atoms with van der Waals surface area (Å²) in [5, 5.41) is 2.55. The maximum Gasteiger partial charge on any atom is 0.242 e. The zero-order valence-corrected chi connectivity index (χ0v) is 12.3. The molecular formula is C16H23N3O2. The average Bonchev–Trinajstić information content (AvgIpc) is 2.99. The summed E-state index contributed by atoms with van der Waals surface area (Å²) in [7, 11) is 0. The van der Waals surface area contributed by atoms with Crippen molar-refractivity contribution in [2.75, 3.05) is 19.6 Å². The van der Waals surface area contributed by atoms with E-state index in [4.69, 9.17) is 5.73 Å². The third kappa shape index (κ3) is 4.56. The number of likely N-dealkylation sites (tertiary alicyclic amines) is 1. The Morgan fingerprint density at radius 3 is 2.76 bits per heavy atom. The molecule has 1 aliphatic rings. The minimum absolute atomic E-state index is 0.00707. The summed E-state index contributed by atoms with van der Waals surface area (Å²) in [4.78, 5) is 25.2. The molecule has 1 fully saturated rings. The number of benzene rings is 1. The van der Waals surface area contributed by atoms with Gasteiger partial charge in [-0.05, 0) is 31.2 Å². The molecule has 0 aliphatic carbocycles. The van der Waals surface area contributed by atoms with E-state index in [2.05, 4.69) is 17.4 Å². The molecule has 5 nitrogen and oxygen atoms in total. The van der Waals surface area contributed by atoms with Crippen LogP contribution in [-0.4, -0.2) is 42.4 Å². The Morgan fingerprint density at radius 2 is 2.05 bits per heavy atom. The van der Waals surface area contributed by atoms with E-state index >= 15 is 0 Å². The zero-order valence-electron chi connectivity index (χ0n) is 12.3. The second kappa shape index (κ2) is 7.78. The molecule has 2 rings (SSSR count). The zero-order chi connectivity index (χ0) is 15.1. The van der Waals surface area contributed by atoms with Crippen molar-refractivity contribution in [3.8, 4) is 0 Å². The van der Waals surface area contributed by atoms with Gasteiger partial charge in [-0.25, -0.2) is 0 Å². The number of hydrogen-bond donors (Lipinski definition) is 2. The van der Waals surface area contributed by atoms with Gasteiger partial charge >= 0.3 is 0 Å². The number of carbonyl (C=O) groups excluding carboxylic acids is 2. The number of rotatable bonds is 6. The highest BCUT2D eigenvalue weighted by Crippen LogP contribution is 2.21. The summed E-state index contributed by atoms with van der Waals surface area (Å²) in [6.45, 7) is 0.763. The first-order chi connectivity index (χ1) is 10.2. The minimum atomic E-state index is -0.289. The van der Waals surface area contributed by atoms with Gasteiger partial charge in [0.1, 0.15) is 0 Å². The van der Waals surface area contributed by atoms with Crippen molar-refractivity contribution in [2.45, 2.75) is 31.7 Å². The van der Waals surface area contributed by atoms with Gasteiger partial charge in [0, 0.05) is 12.6 Å². The van der Waals surface area contributed by atoms with Crippen molar-refractivity contribution in [3.05, 3.63) is 35.9 Å². The molecule has 5 heteroatoms. The number of nitrogens with two attached hydrogens (primary N) is 1. The van der Waals surface area contributed by atoms with Gasteiger partial charge in [-0.1, -0.05) is 30.3 Å². The molecule has 21 heavy (non-hydrogen) atoms. The van der Waals surface area contributed by atoms with Gasteiger partial charge in [0.05, 0.1) is 13.1 Å². The van der Waals surface area contributed by atoms with Crippen LogP contribution in [0, 0.1) is 0 Å². The summed E-state index contributed by atoms with van der Waals surface area (Å²) < 4.78 is 0. The number of amides is 2. The first-order valence-corrected chi connectivity index (χ1v) is 7.51. The molecule has 3 N–H and O–H groups in total. The van der Waals surface area contributed by atoms with E-state index in [9.17, 15) is 9.59 Å². The van der Waals surface area contributed by atoms with Crippen molar-refractivity contribution in [3.63, 3.8) is 0 Å². The highest BCUT2D eigenvalue weighted by molar-refractivity contribution is 5.85. The fourth-order valence-electron chi connectivity index (χ4n) is 2.79. The van der Waals surface area contributed by atoms with Gasteiger partial charge in [0.25, 0.3) is 0 Å². The fraction of sp³-hybridized carbons (Fsp3) is 0.500. The lowest BCUT2D eigenvalue weighted by atomic mass is 10.0. The number of carbonyl (C=O) groups is 2. The molecule has 1 heterocycles. The molecule has 1 aliphatic heterocycles. The second-order valence-corrected chi connectivity index (χ2v) is 5.39. The summed E-state index contributed by atoms with van der Waals surface area (Å²) in [5.74, 6) is -0.296. The standard InChI is InChI=1S/C16H23N3O2/c17-11-15(20)18-12-16(21)19-10-4-7-14(19)9-8-13-5-2-1-3-6-13/h1-3,5-6,14H,4,7-12,17H2,(H,18,20). The Labute approximate surface area is 125 Å². The molecule has 1 aromatic carbocycles. The number of aryl methyl sites for hydroxylation is 1. The fourth-order valence-corrected chi connectivity index (χ4v) is 2.79. The van der Waals surface area contributed by atoms with Gasteiger partial charge in [-0.2, -0.15) is 0 Å². The summed E-state index contributed by atoms with van der Waals surface area (Å²) >= 11 is 0. The highest BCUT2D eigenvalue weighted by Gasteiger charge is 2.28. The van der Waals surface area contributed by atoms with E-state index in [1.165, 1.54) is 5.56 Å². The predicted molar refractivity (Wildman–Crippen MR) is 81.6 cm³/mol. The van der Waals surface area contributed by atoms with Crippen molar-refractivity contribution in [1.82, 2.24) is 10.2 Å². The lowest BCUT2D eigenvalue weighted by molar-refractivity contribution is -0.133. The van der Waals surface area contributed by atoms with Crippen molar-refractivity contribution < 1.29 is 9.59 Å². The number of nitrogens with zero attached hydrogens (tertiary/aromatic N) is 1. The molecule has 0 radical (unpaired) electrons. The van der Waals surface area contributed by atoms with Crippen LogP contribution in [0.15, 0.2) is 30.3 Å². The van der Waals surface area contributed by atoms with Crippen LogP contribution in [0.5, 0.6) is 0 Å². The first kappa shape index (κ1) is 15.5. The molecule has 1 atom stereocenters. The lowest BCUT2D eigenvalue weighted by Gasteiger charge is -2.25. The van der Waals surface area contributed by atoms with Gasteiger partial charge in [0.15, 0.2) is 0 Å². The third-order valence-corrected chi connectivity index (χ3v) is 3.93. The van der Waals surface area contributed by atoms with Crippen LogP contribution in [0.4, 0.5) is 0 Å². The Hall–Kier alpha value is -1.88. The van der Waals surface area contributed by atoms with E-state index in [0.29, 0.717) is 0 Å². The summed E-state index contributed by atoms with van der Waals surface area (Å²) in [6, 6.07) is 10.6. The number of nitrogens with one attached hydrogen (secondary N) is 1. The molecule has 0 saturated carbocycles. The molecule has 114 valence electrons. The van der Waals surface area contributed by atoms with E-state index in [1.807, 2.05) is 23.1 Å². The maximum atomic E-state index is 12.2. The van der Waals surface area contributed by atoms with E-state index in [1.54, 1.807) is 0 Å². The molecule has 0 bridgehead atoms. The van der Waals surface area contributed by atoms with Gasteiger partial charge in [0.2, 0.25) is 11.8 Å². The van der Waals surface area contributed by atoms with Gasteiger partial charge < -0.3 is 16.0 Å². The Balaban J connectivity index is 1.82. The SMILES string of the molecule is NCC(=O)NCC(=O)N1CCCC1CCc1ccccc1. The third-order valence-electron chi connectivity index (χ3n) is 3.93. The summed E-state index contributed by atoms with van der Waals surface area (Å²) in [5.41, 5.74) is 6.51. The molecule has 1 aromatic rings. The van der Waals surface area contributed by atoms with Crippen molar-refractivity contribution >= 4 is 11.8 Å². The largest absolute Gasteiger partial charge is 0.346 e. The van der Waals surface area contributed by atoms with Crippen molar-refractivity contribution in [1.29, 1.82) is 0 Å². The van der Waals surface area contributed by atoms with Gasteiger partial charge in [-0.15, -0.1) is 0 Å². The Kier molecular flexibility index (Phi) is 5.75. The van der Waals surface area contributed by atoms with Crippen molar-refractivity contribution in [2.24, 2.45) is 5.73 Å². The summed E-state index contributed by atoms with van der Waals surface area (Å²) in [6.07, 6.45) is 4.03. The van der Waals surface area contributed by atoms with Crippen LogP contribution in [0.3, 0.4) is 0 Å². The van der Waals surface area contributed by atoms with Gasteiger partial charge in [-0.3, -0.25) is 9.59 Å². The van der Waals surface area contributed by atoms with E-state index < -0.39 is 0 Å². The van der Waals surface area contributed by atoms with E-state index in [0.717, 1.165) is 32.2 Å². The van der Waals surface area contributed by atoms with Crippen LogP contribution >= 0.6 is 0 Å². The average molecular weight is 289 g/mol. The number of hydrogen-bond acceptors (Lipinski definition) is 3. The second-order valence-electron chi connectivity index (χ2n) is 5.39. The monoisotopic (exact) mass is 289 g/mol. The molecule has 1 unspecified atom stereocenters. The molecular weight excluding hydrogens is 266 g/mol. The quantitative estimate of drug-likeness (QED) is 0.809. The van der Waals surface area contributed by atoms with Crippen LogP contribution < -0.4 is 11.1 Å². The molecule has 1 saturated heterocycles. The maximum absolute atomic E-state index is 12.2. The highest BCUT2D eigenvalue weighted by atomic mass is 16.2. The van der Waals surface area contributed by atoms with Crippen LogP contribution in [-0.2, 0) is 16.0 Å². The van der Waals surface area contributed by atoms with Crippen LogP contribution in [0.2, 0.25) is 0 Å². The minimum Gasteiger partial charge on any atom is -0.346 e. The Bertz CT molecular complexity index is 476. The molecule has 0 spiro atoms. The molecule has 0 aromatic heterocycles. The first-order valence-electron chi connectivity index (χ1n) is 7.51. The molecule has 2 amide bonds. The van der Waals surface area contributed by atoms with Crippen LogP contribution in [0.1, 0.15) is 24.8 Å². The topological polar surface area (TPSA) is 75.4 Å². The van der Waals surface area contributed by atoms with Crippen LogP contribution in [0.25, 0.3) is 0 Å².